The largest absolute Gasteiger partial charge is 0.397 e. The quantitative estimate of drug-likeness (QED) is 0.427. The summed E-state index contributed by atoms with van der Waals surface area (Å²) in [6.45, 7) is 7.96. The number of nitrogens with one attached hydrogen (secondary N) is 1. The molecular formula is C21H23N3S2. The minimum absolute atomic E-state index is 0.0638. The molecule has 0 aliphatic heterocycles. The topological polar surface area (TPSA) is 61.8 Å². The molecule has 1 heterocycles. The van der Waals surface area contributed by atoms with E-state index < -0.39 is 0 Å². The first kappa shape index (κ1) is 19.9. The van der Waals surface area contributed by atoms with Crippen LogP contribution in [-0.2, 0) is 0 Å². The van der Waals surface area contributed by atoms with E-state index in [9.17, 15) is 5.26 Å². The van der Waals surface area contributed by atoms with Crippen LogP contribution in [0.15, 0.2) is 65.6 Å². The van der Waals surface area contributed by atoms with E-state index in [0.717, 1.165) is 26.0 Å². The maximum absolute atomic E-state index is 9.60. The summed E-state index contributed by atoms with van der Waals surface area (Å²) in [5.74, 6) is 0.0638. The average Bonchev–Trinajstić information content (AvgIpc) is 2.97. The molecule has 1 aromatic carbocycles. The molecule has 1 unspecified atom stereocenters. The van der Waals surface area contributed by atoms with Crippen LogP contribution in [0.1, 0.15) is 30.2 Å². The van der Waals surface area contributed by atoms with E-state index in [2.05, 4.69) is 37.0 Å². The lowest BCUT2D eigenvalue weighted by Gasteiger charge is -2.11. The first-order valence-corrected chi connectivity index (χ1v) is 10.3. The van der Waals surface area contributed by atoms with Crippen LogP contribution in [-0.4, -0.2) is 6.26 Å². The first-order chi connectivity index (χ1) is 12.5. The van der Waals surface area contributed by atoms with Crippen molar-refractivity contribution in [2.75, 3.05) is 17.3 Å². The Kier molecular flexibility index (Phi) is 7.14. The van der Waals surface area contributed by atoms with Crippen LogP contribution < -0.4 is 11.1 Å². The molecule has 134 valence electrons. The number of hydrogen-bond acceptors (Lipinski definition) is 5. The summed E-state index contributed by atoms with van der Waals surface area (Å²) in [5, 5.41) is 13.7. The van der Waals surface area contributed by atoms with Crippen molar-refractivity contribution >= 4 is 39.5 Å². The molecule has 0 spiro atoms. The number of anilines is 3. The highest BCUT2D eigenvalue weighted by Crippen LogP contribution is 2.43. The number of nitrogen functional groups attached to an aromatic ring is 1. The molecule has 0 saturated heterocycles. The molecule has 0 aliphatic carbocycles. The highest BCUT2D eigenvalue weighted by molar-refractivity contribution is 7.98. The number of allylic oxidation sites excluding steroid dienone is 5. The molecule has 2 aromatic rings. The summed E-state index contributed by atoms with van der Waals surface area (Å²) in [6, 6.07) is 10.3. The van der Waals surface area contributed by atoms with Crippen LogP contribution in [0, 0.1) is 11.3 Å². The molecule has 3 N–H and O–H groups in total. The lowest BCUT2D eigenvalue weighted by molar-refractivity contribution is 0.950. The van der Waals surface area contributed by atoms with Crippen LogP contribution >= 0.6 is 23.1 Å². The summed E-state index contributed by atoms with van der Waals surface area (Å²) >= 11 is 3.21. The van der Waals surface area contributed by atoms with Gasteiger partial charge in [0.1, 0.15) is 16.6 Å². The minimum Gasteiger partial charge on any atom is -0.397 e. The van der Waals surface area contributed by atoms with Gasteiger partial charge in [-0.15, -0.1) is 23.1 Å². The lowest BCUT2D eigenvalue weighted by Crippen LogP contribution is -1.98. The zero-order valence-electron chi connectivity index (χ0n) is 15.2. The second-order valence-electron chi connectivity index (χ2n) is 5.67. The Hall–Kier alpha value is -2.42. The van der Waals surface area contributed by atoms with Gasteiger partial charge in [-0.1, -0.05) is 43.9 Å². The Morgan fingerprint density at radius 2 is 2.23 bits per heavy atom. The Balaban J connectivity index is 2.42. The van der Waals surface area contributed by atoms with Gasteiger partial charge in [0.2, 0.25) is 0 Å². The van der Waals surface area contributed by atoms with E-state index in [1.54, 1.807) is 11.8 Å². The monoisotopic (exact) mass is 381 g/mol. The summed E-state index contributed by atoms with van der Waals surface area (Å²) < 4.78 is 0. The SMILES string of the molecule is C=C/C(=C\C=C/C)C(C)c1sc(Nc2cccc(SC)c2)c(C#N)c1N. The predicted molar refractivity (Wildman–Crippen MR) is 116 cm³/mol. The zero-order valence-corrected chi connectivity index (χ0v) is 16.9. The number of rotatable bonds is 7. The third-order valence-corrected chi connectivity index (χ3v) is 6.05. The van der Waals surface area contributed by atoms with Gasteiger partial charge in [-0.2, -0.15) is 5.26 Å². The van der Waals surface area contributed by atoms with Gasteiger partial charge in [-0.25, -0.2) is 0 Å². The maximum atomic E-state index is 9.60. The fourth-order valence-electron chi connectivity index (χ4n) is 2.56. The molecule has 0 saturated carbocycles. The second kappa shape index (κ2) is 9.33. The third-order valence-electron chi connectivity index (χ3n) is 4.02. The molecule has 5 heteroatoms. The molecule has 3 nitrogen and oxygen atoms in total. The number of nitrogens with two attached hydrogens (primary N) is 1. The van der Waals surface area contributed by atoms with E-state index >= 15 is 0 Å². The summed E-state index contributed by atoms with van der Waals surface area (Å²) in [7, 11) is 0. The lowest BCUT2D eigenvalue weighted by atomic mass is 9.97. The van der Waals surface area contributed by atoms with Crippen molar-refractivity contribution in [3.05, 3.63) is 71.2 Å². The highest BCUT2D eigenvalue weighted by Gasteiger charge is 2.21. The van der Waals surface area contributed by atoms with Gasteiger partial charge in [0.05, 0.1) is 5.69 Å². The molecule has 1 atom stereocenters. The van der Waals surface area contributed by atoms with Gasteiger partial charge in [0.15, 0.2) is 0 Å². The van der Waals surface area contributed by atoms with Crippen molar-refractivity contribution in [2.24, 2.45) is 0 Å². The molecule has 0 fully saturated rings. The first-order valence-electron chi connectivity index (χ1n) is 8.24. The number of benzene rings is 1. The molecule has 0 aliphatic rings. The van der Waals surface area contributed by atoms with Crippen LogP contribution in [0.4, 0.5) is 16.4 Å². The molecule has 0 radical (unpaired) electrons. The van der Waals surface area contributed by atoms with E-state index in [0.29, 0.717) is 11.3 Å². The van der Waals surface area contributed by atoms with Crippen LogP contribution in [0.2, 0.25) is 0 Å². The smallest absolute Gasteiger partial charge is 0.113 e. The van der Waals surface area contributed by atoms with Crippen molar-refractivity contribution in [1.82, 2.24) is 0 Å². The maximum Gasteiger partial charge on any atom is 0.113 e. The van der Waals surface area contributed by atoms with Crippen molar-refractivity contribution in [3.8, 4) is 6.07 Å². The fourth-order valence-corrected chi connectivity index (χ4v) is 4.19. The van der Waals surface area contributed by atoms with Gasteiger partial charge in [-0.05, 0) is 37.0 Å². The number of hydrogen-bond donors (Lipinski definition) is 2. The molecule has 1 aromatic heterocycles. The van der Waals surface area contributed by atoms with Gasteiger partial charge < -0.3 is 11.1 Å². The normalized spacial score (nSPS) is 12.8. The van der Waals surface area contributed by atoms with Gasteiger partial charge in [-0.3, -0.25) is 0 Å². The number of nitrogens with zero attached hydrogens (tertiary/aromatic N) is 1. The van der Waals surface area contributed by atoms with E-state index in [4.69, 9.17) is 5.73 Å². The number of thioether (sulfide) groups is 1. The molecule has 0 bridgehead atoms. The fraction of sp³-hybridized carbons (Fsp3) is 0.190. The summed E-state index contributed by atoms with van der Waals surface area (Å²) in [4.78, 5) is 2.13. The average molecular weight is 382 g/mol. The van der Waals surface area contributed by atoms with Gasteiger partial charge >= 0.3 is 0 Å². The molecule has 26 heavy (non-hydrogen) atoms. The van der Waals surface area contributed by atoms with E-state index in [1.165, 1.54) is 11.3 Å². The minimum atomic E-state index is 0.0638. The molecular weight excluding hydrogens is 358 g/mol. The van der Waals surface area contributed by atoms with Crippen molar-refractivity contribution in [2.45, 2.75) is 24.7 Å². The molecule has 0 amide bonds. The Labute approximate surface area is 163 Å². The van der Waals surface area contributed by atoms with Crippen LogP contribution in [0.25, 0.3) is 0 Å². The zero-order chi connectivity index (χ0) is 19.1. The number of thiophene rings is 1. The van der Waals surface area contributed by atoms with Crippen molar-refractivity contribution in [3.63, 3.8) is 0 Å². The van der Waals surface area contributed by atoms with E-state index in [1.807, 2.05) is 49.6 Å². The van der Waals surface area contributed by atoms with Crippen LogP contribution in [0.5, 0.6) is 0 Å². The standard InChI is InChI=1S/C21H23N3S2/c1-5-7-9-15(6-2)14(3)20-19(23)18(13-22)21(26-20)24-16-10-8-11-17(12-16)25-4/h5-12,14,24H,2,23H2,1,3-4H3/b7-5-,15-9+. The second-order valence-corrected chi connectivity index (χ2v) is 7.60. The third kappa shape index (κ3) is 4.40. The summed E-state index contributed by atoms with van der Waals surface area (Å²) in [5.41, 5.74) is 9.37. The predicted octanol–water partition coefficient (Wildman–Crippen LogP) is 6.46. The van der Waals surface area contributed by atoms with E-state index in [-0.39, 0.29) is 5.92 Å². The van der Waals surface area contributed by atoms with Gasteiger partial charge in [0.25, 0.3) is 0 Å². The van der Waals surface area contributed by atoms with Crippen molar-refractivity contribution < 1.29 is 0 Å². The summed E-state index contributed by atoms with van der Waals surface area (Å²) in [6.07, 6.45) is 9.86. The number of nitriles is 1. The Bertz CT molecular complexity index is 885. The Morgan fingerprint density at radius 1 is 1.46 bits per heavy atom. The van der Waals surface area contributed by atoms with Gasteiger partial charge in [0, 0.05) is 21.4 Å². The van der Waals surface area contributed by atoms with Crippen molar-refractivity contribution in [1.29, 1.82) is 5.26 Å². The molecule has 2 rings (SSSR count). The van der Waals surface area contributed by atoms with Crippen LogP contribution in [0.3, 0.4) is 0 Å². The Morgan fingerprint density at radius 3 is 2.85 bits per heavy atom. The highest BCUT2D eigenvalue weighted by atomic mass is 32.2.